The number of rotatable bonds is 2. The highest BCUT2D eigenvalue weighted by molar-refractivity contribution is 5.99. The predicted molar refractivity (Wildman–Crippen MR) is 78.5 cm³/mol. The number of benzene rings is 1. The Kier molecular flexibility index (Phi) is 3.35. The molecule has 0 spiro atoms. The average molecular weight is 269 g/mol. The first-order valence-corrected chi connectivity index (χ1v) is 7.04. The molecule has 0 aromatic heterocycles. The van der Waals surface area contributed by atoms with E-state index >= 15 is 0 Å². The van der Waals surface area contributed by atoms with Gasteiger partial charge in [-0.1, -0.05) is 18.2 Å². The highest BCUT2D eigenvalue weighted by Gasteiger charge is 2.30. The first kappa shape index (κ1) is 13.0. The standard InChI is InChI=1S/C17H19NO2/c1-11-9-14(12-5-3-6-13(10-12)20-2)17-15(18-11)7-4-8-16(17)19/h3,5-6,9-10,14,18H,4,7-8H2,1-2H3. The largest absolute Gasteiger partial charge is 0.497 e. The number of dihydropyridines is 1. The maximum absolute atomic E-state index is 12.3. The molecule has 1 aliphatic heterocycles. The molecule has 0 saturated heterocycles. The van der Waals surface area contributed by atoms with Crippen molar-refractivity contribution in [1.29, 1.82) is 0 Å². The second-order valence-electron chi connectivity index (χ2n) is 5.40. The number of carbonyl (C=O) groups is 1. The number of carbonyl (C=O) groups excluding carboxylic acids is 1. The molecular formula is C17H19NO2. The molecule has 0 saturated carbocycles. The van der Waals surface area contributed by atoms with Crippen molar-refractivity contribution in [2.45, 2.75) is 32.1 Å². The minimum atomic E-state index is 0.0501. The SMILES string of the molecule is COc1cccc(C2C=C(C)NC3=C2C(=O)CCC3)c1. The van der Waals surface area contributed by atoms with Crippen LogP contribution in [0.3, 0.4) is 0 Å². The Hall–Kier alpha value is -2.03. The van der Waals surface area contributed by atoms with Crippen molar-refractivity contribution in [3.63, 3.8) is 0 Å². The van der Waals surface area contributed by atoms with E-state index in [1.165, 1.54) is 0 Å². The molecule has 1 aromatic carbocycles. The Balaban J connectivity index is 2.07. The third-order valence-electron chi connectivity index (χ3n) is 3.98. The van der Waals surface area contributed by atoms with E-state index in [0.717, 1.165) is 41.1 Å². The summed E-state index contributed by atoms with van der Waals surface area (Å²) in [4.78, 5) is 12.3. The number of Topliss-reactive ketones (excluding diaryl/α,β-unsaturated/α-hetero) is 1. The van der Waals surface area contributed by atoms with Crippen LogP contribution in [0.15, 0.2) is 47.3 Å². The van der Waals surface area contributed by atoms with Crippen LogP contribution in [0.1, 0.15) is 37.7 Å². The van der Waals surface area contributed by atoms with Gasteiger partial charge in [-0.2, -0.15) is 0 Å². The lowest BCUT2D eigenvalue weighted by atomic mass is 9.80. The summed E-state index contributed by atoms with van der Waals surface area (Å²) in [6, 6.07) is 7.99. The molecular weight excluding hydrogens is 250 g/mol. The van der Waals surface area contributed by atoms with Gasteiger partial charge in [0.25, 0.3) is 0 Å². The summed E-state index contributed by atoms with van der Waals surface area (Å²) in [5, 5.41) is 3.37. The van der Waals surface area contributed by atoms with Gasteiger partial charge in [0.05, 0.1) is 7.11 Å². The molecule has 1 heterocycles. The van der Waals surface area contributed by atoms with Gasteiger partial charge in [-0.05, 0) is 37.5 Å². The third kappa shape index (κ3) is 2.24. The Morgan fingerprint density at radius 3 is 2.95 bits per heavy atom. The van der Waals surface area contributed by atoms with Gasteiger partial charge in [-0.25, -0.2) is 0 Å². The number of nitrogens with one attached hydrogen (secondary N) is 1. The first-order chi connectivity index (χ1) is 9.69. The maximum atomic E-state index is 12.3. The average Bonchev–Trinajstić information content (AvgIpc) is 2.46. The highest BCUT2D eigenvalue weighted by atomic mass is 16.5. The van der Waals surface area contributed by atoms with E-state index < -0.39 is 0 Å². The maximum Gasteiger partial charge on any atom is 0.161 e. The number of ether oxygens (including phenoxy) is 1. The second-order valence-corrected chi connectivity index (χ2v) is 5.40. The monoisotopic (exact) mass is 269 g/mol. The van der Waals surface area contributed by atoms with Crippen LogP contribution in [0.5, 0.6) is 5.75 Å². The van der Waals surface area contributed by atoms with Crippen LogP contribution >= 0.6 is 0 Å². The summed E-state index contributed by atoms with van der Waals surface area (Å²) in [5.41, 5.74) is 4.28. The summed E-state index contributed by atoms with van der Waals surface area (Å²) >= 11 is 0. The fourth-order valence-electron chi connectivity index (χ4n) is 3.07. The Bertz CT molecular complexity index is 613. The zero-order chi connectivity index (χ0) is 14.1. The molecule has 1 unspecified atom stereocenters. The molecule has 1 aliphatic carbocycles. The number of methoxy groups -OCH3 is 1. The van der Waals surface area contributed by atoms with E-state index in [0.29, 0.717) is 6.42 Å². The lowest BCUT2D eigenvalue weighted by molar-refractivity contribution is -0.116. The fourth-order valence-corrected chi connectivity index (χ4v) is 3.07. The van der Waals surface area contributed by atoms with E-state index in [1.807, 2.05) is 18.2 Å². The van der Waals surface area contributed by atoms with Crippen molar-refractivity contribution in [3.05, 3.63) is 52.9 Å². The van der Waals surface area contributed by atoms with Gasteiger partial charge in [0, 0.05) is 29.3 Å². The topological polar surface area (TPSA) is 38.3 Å². The van der Waals surface area contributed by atoms with E-state index in [-0.39, 0.29) is 11.7 Å². The van der Waals surface area contributed by atoms with Crippen molar-refractivity contribution < 1.29 is 9.53 Å². The van der Waals surface area contributed by atoms with Gasteiger partial charge in [-0.3, -0.25) is 4.79 Å². The molecule has 1 atom stereocenters. The summed E-state index contributed by atoms with van der Waals surface area (Å²) < 4.78 is 5.30. The molecule has 0 radical (unpaired) electrons. The van der Waals surface area contributed by atoms with E-state index in [4.69, 9.17) is 4.74 Å². The molecule has 3 rings (SSSR count). The van der Waals surface area contributed by atoms with Crippen molar-refractivity contribution in [2.75, 3.05) is 7.11 Å². The predicted octanol–water partition coefficient (Wildman–Crippen LogP) is 3.29. The molecule has 2 aliphatic rings. The Morgan fingerprint density at radius 2 is 2.15 bits per heavy atom. The quantitative estimate of drug-likeness (QED) is 0.895. The summed E-state index contributed by atoms with van der Waals surface area (Å²) in [6.07, 6.45) is 4.71. The second kappa shape index (κ2) is 5.16. The molecule has 0 bridgehead atoms. The lowest BCUT2D eigenvalue weighted by Crippen LogP contribution is -2.28. The van der Waals surface area contributed by atoms with E-state index in [1.54, 1.807) is 7.11 Å². The van der Waals surface area contributed by atoms with Crippen LogP contribution in [0, 0.1) is 0 Å². The summed E-state index contributed by atoms with van der Waals surface area (Å²) in [6.45, 7) is 2.05. The van der Waals surface area contributed by atoms with Crippen molar-refractivity contribution in [1.82, 2.24) is 5.32 Å². The lowest BCUT2D eigenvalue weighted by Gasteiger charge is -2.30. The van der Waals surface area contributed by atoms with Gasteiger partial charge >= 0.3 is 0 Å². The number of allylic oxidation sites excluding steroid dienone is 4. The van der Waals surface area contributed by atoms with Crippen molar-refractivity contribution in [2.24, 2.45) is 0 Å². The van der Waals surface area contributed by atoms with Gasteiger partial charge in [0.15, 0.2) is 5.78 Å². The van der Waals surface area contributed by atoms with Crippen LogP contribution in [0.2, 0.25) is 0 Å². The molecule has 20 heavy (non-hydrogen) atoms. The molecule has 1 N–H and O–H groups in total. The Morgan fingerprint density at radius 1 is 1.30 bits per heavy atom. The van der Waals surface area contributed by atoms with E-state index in [2.05, 4.69) is 24.4 Å². The summed E-state index contributed by atoms with van der Waals surface area (Å²) in [5.74, 6) is 1.15. The minimum Gasteiger partial charge on any atom is -0.497 e. The van der Waals surface area contributed by atoms with Crippen LogP contribution in [-0.2, 0) is 4.79 Å². The minimum absolute atomic E-state index is 0.0501. The van der Waals surface area contributed by atoms with Gasteiger partial charge in [0.1, 0.15) is 5.75 Å². The van der Waals surface area contributed by atoms with Gasteiger partial charge in [-0.15, -0.1) is 0 Å². The smallest absolute Gasteiger partial charge is 0.161 e. The van der Waals surface area contributed by atoms with Crippen LogP contribution in [0.4, 0.5) is 0 Å². The first-order valence-electron chi connectivity index (χ1n) is 7.04. The highest BCUT2D eigenvalue weighted by Crippen LogP contribution is 2.38. The number of ketones is 1. The van der Waals surface area contributed by atoms with E-state index in [9.17, 15) is 4.79 Å². The molecule has 3 heteroatoms. The van der Waals surface area contributed by atoms with Crippen LogP contribution < -0.4 is 10.1 Å². The zero-order valence-corrected chi connectivity index (χ0v) is 11.9. The fraction of sp³-hybridized carbons (Fsp3) is 0.353. The van der Waals surface area contributed by atoms with Gasteiger partial charge in [0.2, 0.25) is 0 Å². The molecule has 0 fully saturated rings. The molecule has 1 aromatic rings. The van der Waals surface area contributed by atoms with Crippen molar-refractivity contribution >= 4 is 5.78 Å². The van der Waals surface area contributed by atoms with Crippen LogP contribution in [0.25, 0.3) is 0 Å². The summed E-state index contributed by atoms with van der Waals surface area (Å²) in [7, 11) is 1.67. The van der Waals surface area contributed by atoms with Gasteiger partial charge < -0.3 is 10.1 Å². The Labute approximate surface area is 119 Å². The van der Waals surface area contributed by atoms with Crippen molar-refractivity contribution in [3.8, 4) is 5.75 Å². The molecule has 3 nitrogen and oxygen atoms in total. The third-order valence-corrected chi connectivity index (χ3v) is 3.98. The molecule has 104 valence electrons. The molecule has 0 amide bonds. The normalized spacial score (nSPS) is 22.0. The number of hydrogen-bond acceptors (Lipinski definition) is 3. The van der Waals surface area contributed by atoms with Crippen LogP contribution in [-0.4, -0.2) is 12.9 Å². The zero-order valence-electron chi connectivity index (χ0n) is 11.9. The number of hydrogen-bond donors (Lipinski definition) is 1.